The number of nitrogens with zero attached hydrogens (tertiary/aromatic N) is 1. The van der Waals surface area contributed by atoms with Crippen molar-refractivity contribution in [3.05, 3.63) is 36.2 Å². The largest absolute Gasteiger partial charge is 0.492 e. The van der Waals surface area contributed by atoms with Gasteiger partial charge in [0.15, 0.2) is 0 Å². The minimum Gasteiger partial charge on any atom is -0.492 e. The molecule has 1 heterocycles. The molecule has 3 heteroatoms. The summed E-state index contributed by atoms with van der Waals surface area (Å²) in [6, 6.07) is 3.55. The summed E-state index contributed by atoms with van der Waals surface area (Å²) in [5.41, 5.74) is 1.75. The van der Waals surface area contributed by atoms with Gasteiger partial charge in [0.1, 0.15) is 5.75 Å². The van der Waals surface area contributed by atoms with E-state index in [0.717, 1.165) is 17.7 Å². The highest BCUT2D eigenvalue weighted by Gasteiger charge is 1.95. The molecule has 1 aromatic heterocycles. The van der Waals surface area contributed by atoms with Gasteiger partial charge >= 0.3 is 0 Å². The lowest BCUT2D eigenvalue weighted by molar-refractivity contribution is 0.275. The second-order valence-electron chi connectivity index (χ2n) is 3.20. The van der Waals surface area contributed by atoms with Gasteiger partial charge in [-0.2, -0.15) is 0 Å². The predicted molar refractivity (Wildman–Crippen MR) is 55.1 cm³/mol. The smallest absolute Gasteiger partial charge is 0.137 e. The van der Waals surface area contributed by atoms with E-state index >= 15 is 0 Å². The van der Waals surface area contributed by atoms with Crippen LogP contribution in [0, 0.1) is 0 Å². The fraction of sp³-hybridized carbons (Fsp3) is 0.364. The Balaban J connectivity index is 2.40. The van der Waals surface area contributed by atoms with E-state index in [-0.39, 0.29) is 6.61 Å². The van der Waals surface area contributed by atoms with Gasteiger partial charge in [0, 0.05) is 6.42 Å². The van der Waals surface area contributed by atoms with Crippen molar-refractivity contribution in [2.75, 3.05) is 6.61 Å². The number of ether oxygens (including phenoxy) is 1. The Labute approximate surface area is 84.1 Å². The summed E-state index contributed by atoms with van der Waals surface area (Å²) in [5.74, 6) is 0.725. The third-order valence-electron chi connectivity index (χ3n) is 1.76. The number of pyridine rings is 1. The van der Waals surface area contributed by atoms with Crippen LogP contribution in [0.25, 0.3) is 0 Å². The Bertz CT molecular complexity index is 293. The van der Waals surface area contributed by atoms with Gasteiger partial charge in [0.25, 0.3) is 0 Å². The molecule has 0 amide bonds. The number of hydrogen-bond acceptors (Lipinski definition) is 3. The summed E-state index contributed by atoms with van der Waals surface area (Å²) in [4.78, 5) is 4.00. The number of aromatic nitrogens is 1. The maximum Gasteiger partial charge on any atom is 0.137 e. The Kier molecular flexibility index (Phi) is 4.13. The van der Waals surface area contributed by atoms with Crippen molar-refractivity contribution in [3.8, 4) is 5.75 Å². The average Bonchev–Trinajstić information content (AvgIpc) is 2.18. The van der Waals surface area contributed by atoms with Crippen molar-refractivity contribution in [3.63, 3.8) is 0 Å². The van der Waals surface area contributed by atoms with E-state index in [1.807, 2.05) is 6.92 Å². The molecule has 1 N–H and O–H groups in total. The highest BCUT2D eigenvalue weighted by Crippen LogP contribution is 2.10. The summed E-state index contributed by atoms with van der Waals surface area (Å²) < 4.78 is 5.41. The third kappa shape index (κ3) is 3.58. The molecule has 0 fully saturated rings. The molecule has 0 aliphatic heterocycles. The zero-order valence-corrected chi connectivity index (χ0v) is 8.36. The highest BCUT2D eigenvalue weighted by molar-refractivity contribution is 5.19. The van der Waals surface area contributed by atoms with Crippen LogP contribution >= 0.6 is 0 Å². The summed E-state index contributed by atoms with van der Waals surface area (Å²) in [6.45, 7) is 6.34. The molecule has 0 spiro atoms. The molecular weight excluding hydrogens is 178 g/mol. The van der Waals surface area contributed by atoms with E-state index < -0.39 is 0 Å². The average molecular weight is 193 g/mol. The van der Waals surface area contributed by atoms with Crippen molar-refractivity contribution < 1.29 is 9.84 Å². The van der Waals surface area contributed by atoms with E-state index in [9.17, 15) is 0 Å². The van der Waals surface area contributed by atoms with Gasteiger partial charge in [-0.3, -0.25) is 4.98 Å². The van der Waals surface area contributed by atoms with Crippen LogP contribution in [0.4, 0.5) is 0 Å². The van der Waals surface area contributed by atoms with Crippen LogP contribution in [0.1, 0.15) is 19.0 Å². The zero-order valence-electron chi connectivity index (χ0n) is 8.36. The monoisotopic (exact) mass is 193 g/mol. The Morgan fingerprint density at radius 2 is 2.36 bits per heavy atom. The molecule has 0 aromatic carbocycles. The van der Waals surface area contributed by atoms with Gasteiger partial charge in [0.2, 0.25) is 0 Å². The van der Waals surface area contributed by atoms with Gasteiger partial charge < -0.3 is 9.84 Å². The van der Waals surface area contributed by atoms with Crippen molar-refractivity contribution in [1.29, 1.82) is 0 Å². The lowest BCUT2D eigenvalue weighted by atomic mass is 10.3. The number of aliphatic hydroxyl groups excluding tert-OH is 1. The van der Waals surface area contributed by atoms with Crippen LogP contribution in [0.5, 0.6) is 5.75 Å². The fourth-order valence-corrected chi connectivity index (χ4v) is 0.933. The first-order valence-corrected chi connectivity index (χ1v) is 4.55. The molecule has 0 unspecified atom stereocenters. The SMILES string of the molecule is C=C(C)CCOc1ccc(CO)nc1. The van der Waals surface area contributed by atoms with Gasteiger partial charge in [0.05, 0.1) is 25.1 Å². The van der Waals surface area contributed by atoms with Crippen LogP contribution < -0.4 is 4.74 Å². The van der Waals surface area contributed by atoms with E-state index in [0.29, 0.717) is 12.3 Å². The molecule has 14 heavy (non-hydrogen) atoms. The van der Waals surface area contributed by atoms with Crippen LogP contribution in [0.2, 0.25) is 0 Å². The van der Waals surface area contributed by atoms with Gasteiger partial charge in [-0.05, 0) is 19.1 Å². The molecule has 1 rings (SSSR count). The maximum atomic E-state index is 8.76. The number of rotatable bonds is 5. The molecule has 0 radical (unpaired) electrons. The van der Waals surface area contributed by atoms with Crippen LogP contribution in [-0.4, -0.2) is 16.7 Å². The first-order chi connectivity index (χ1) is 6.72. The minimum atomic E-state index is -0.0357. The van der Waals surface area contributed by atoms with Gasteiger partial charge in [-0.1, -0.05) is 5.57 Å². The molecule has 0 saturated heterocycles. The molecule has 76 valence electrons. The molecular formula is C11H15NO2. The molecule has 0 bridgehead atoms. The van der Waals surface area contributed by atoms with E-state index in [4.69, 9.17) is 9.84 Å². The van der Waals surface area contributed by atoms with Crippen LogP contribution in [0.3, 0.4) is 0 Å². The molecule has 0 atom stereocenters. The number of aliphatic hydroxyl groups is 1. The van der Waals surface area contributed by atoms with E-state index in [1.165, 1.54) is 0 Å². The Morgan fingerprint density at radius 3 is 2.86 bits per heavy atom. The minimum absolute atomic E-state index is 0.0357. The predicted octanol–water partition coefficient (Wildman–Crippen LogP) is 1.92. The first kappa shape index (κ1) is 10.7. The van der Waals surface area contributed by atoms with Gasteiger partial charge in [-0.15, -0.1) is 6.58 Å². The Morgan fingerprint density at radius 1 is 1.57 bits per heavy atom. The number of hydrogen-bond donors (Lipinski definition) is 1. The van der Waals surface area contributed by atoms with Crippen molar-refractivity contribution in [1.82, 2.24) is 4.98 Å². The molecule has 0 aliphatic rings. The van der Waals surface area contributed by atoms with Crippen molar-refractivity contribution >= 4 is 0 Å². The van der Waals surface area contributed by atoms with Crippen molar-refractivity contribution in [2.24, 2.45) is 0 Å². The normalized spacial score (nSPS) is 9.86. The molecule has 0 aliphatic carbocycles. The second kappa shape index (κ2) is 5.40. The van der Waals surface area contributed by atoms with E-state index in [2.05, 4.69) is 11.6 Å². The van der Waals surface area contributed by atoms with Gasteiger partial charge in [-0.25, -0.2) is 0 Å². The van der Waals surface area contributed by atoms with Crippen LogP contribution in [-0.2, 0) is 6.61 Å². The van der Waals surface area contributed by atoms with Crippen LogP contribution in [0.15, 0.2) is 30.5 Å². The summed E-state index contributed by atoms with van der Waals surface area (Å²) in [7, 11) is 0. The van der Waals surface area contributed by atoms with E-state index in [1.54, 1.807) is 18.3 Å². The Hall–Kier alpha value is -1.35. The topological polar surface area (TPSA) is 42.4 Å². The molecule has 0 saturated carbocycles. The summed E-state index contributed by atoms with van der Waals surface area (Å²) in [5, 5.41) is 8.76. The lowest BCUT2D eigenvalue weighted by Crippen LogP contribution is -1.98. The lowest BCUT2D eigenvalue weighted by Gasteiger charge is -2.05. The zero-order chi connectivity index (χ0) is 10.4. The van der Waals surface area contributed by atoms with Crippen molar-refractivity contribution in [2.45, 2.75) is 20.0 Å². The summed E-state index contributed by atoms with van der Waals surface area (Å²) >= 11 is 0. The first-order valence-electron chi connectivity index (χ1n) is 4.55. The standard InChI is InChI=1S/C11H15NO2/c1-9(2)5-6-14-11-4-3-10(8-13)12-7-11/h3-4,7,13H,1,5-6,8H2,2H3. The maximum absolute atomic E-state index is 8.76. The summed E-state index contributed by atoms with van der Waals surface area (Å²) in [6.07, 6.45) is 2.46. The highest BCUT2D eigenvalue weighted by atomic mass is 16.5. The third-order valence-corrected chi connectivity index (χ3v) is 1.76. The fourth-order valence-electron chi connectivity index (χ4n) is 0.933. The second-order valence-corrected chi connectivity index (χ2v) is 3.20. The quantitative estimate of drug-likeness (QED) is 0.726. The molecule has 1 aromatic rings. The molecule has 3 nitrogen and oxygen atoms in total.